The van der Waals surface area contributed by atoms with Gasteiger partial charge in [-0.3, -0.25) is 4.79 Å². The number of nitrogens with zero attached hydrogens (tertiary/aromatic N) is 1. The molecule has 6 nitrogen and oxygen atoms in total. The van der Waals surface area contributed by atoms with E-state index in [0.29, 0.717) is 24.9 Å². The van der Waals surface area contributed by atoms with E-state index in [4.69, 9.17) is 10.5 Å². The maximum absolute atomic E-state index is 12.5. The second-order valence-electron chi connectivity index (χ2n) is 7.12. The number of hydrogen-bond acceptors (Lipinski definition) is 3. The van der Waals surface area contributed by atoms with Crippen LogP contribution in [0.4, 0.5) is 4.79 Å². The topological polar surface area (TPSA) is 84.7 Å². The standard InChI is InChI=1S/C19H29N3O3/c1-13(2)16(9-15-7-5-4-6-8-15)10-21-19(24)22-11-14(3)25-17(12-22)18(20)23/h4-8,13-14,16-17H,9-12H2,1-3H3,(H2,20,23)(H,21,24)/t14-,16+,17+/m1/s1. The van der Waals surface area contributed by atoms with Crippen LogP contribution < -0.4 is 11.1 Å². The monoisotopic (exact) mass is 347 g/mol. The second kappa shape index (κ2) is 8.85. The largest absolute Gasteiger partial charge is 0.367 e. The molecule has 3 N–H and O–H groups in total. The van der Waals surface area contributed by atoms with Crippen molar-refractivity contribution in [3.8, 4) is 0 Å². The number of benzene rings is 1. The predicted molar refractivity (Wildman–Crippen MR) is 97.0 cm³/mol. The Labute approximate surface area is 149 Å². The number of ether oxygens (including phenoxy) is 1. The number of morpholine rings is 1. The van der Waals surface area contributed by atoms with Gasteiger partial charge < -0.3 is 20.7 Å². The third-order valence-electron chi connectivity index (χ3n) is 4.66. The van der Waals surface area contributed by atoms with Crippen LogP contribution in [0, 0.1) is 11.8 Å². The van der Waals surface area contributed by atoms with Gasteiger partial charge in [-0.15, -0.1) is 0 Å². The van der Waals surface area contributed by atoms with Crippen molar-refractivity contribution in [3.05, 3.63) is 35.9 Å². The third-order valence-corrected chi connectivity index (χ3v) is 4.66. The number of amides is 3. The molecule has 0 aromatic heterocycles. The maximum Gasteiger partial charge on any atom is 0.317 e. The molecule has 3 amide bonds. The van der Waals surface area contributed by atoms with Crippen LogP contribution in [0.1, 0.15) is 26.3 Å². The van der Waals surface area contributed by atoms with Gasteiger partial charge in [0.1, 0.15) is 0 Å². The van der Waals surface area contributed by atoms with Crippen molar-refractivity contribution in [2.45, 2.75) is 39.4 Å². The molecule has 0 aliphatic carbocycles. The first-order chi connectivity index (χ1) is 11.9. The highest BCUT2D eigenvalue weighted by atomic mass is 16.5. The molecule has 1 aromatic carbocycles. The zero-order valence-corrected chi connectivity index (χ0v) is 15.3. The fourth-order valence-corrected chi connectivity index (χ4v) is 3.07. The molecule has 138 valence electrons. The highest BCUT2D eigenvalue weighted by molar-refractivity contribution is 5.81. The van der Waals surface area contributed by atoms with Gasteiger partial charge in [-0.25, -0.2) is 4.79 Å². The second-order valence-corrected chi connectivity index (χ2v) is 7.12. The molecule has 0 bridgehead atoms. The van der Waals surface area contributed by atoms with E-state index in [9.17, 15) is 9.59 Å². The zero-order chi connectivity index (χ0) is 18.4. The first-order valence-electron chi connectivity index (χ1n) is 8.88. The first-order valence-corrected chi connectivity index (χ1v) is 8.88. The van der Waals surface area contributed by atoms with Crippen molar-refractivity contribution in [1.82, 2.24) is 10.2 Å². The van der Waals surface area contributed by atoms with Gasteiger partial charge in [0.2, 0.25) is 5.91 Å². The summed E-state index contributed by atoms with van der Waals surface area (Å²) in [6.45, 7) is 7.43. The van der Waals surface area contributed by atoms with Crippen LogP contribution in [0.3, 0.4) is 0 Å². The summed E-state index contributed by atoms with van der Waals surface area (Å²) in [7, 11) is 0. The number of urea groups is 1. The van der Waals surface area contributed by atoms with Gasteiger partial charge in [-0.05, 0) is 30.7 Å². The minimum Gasteiger partial charge on any atom is -0.367 e. The number of carbonyl (C=O) groups excluding carboxylic acids is 2. The average molecular weight is 347 g/mol. The van der Waals surface area contributed by atoms with Gasteiger partial charge in [0.05, 0.1) is 12.6 Å². The van der Waals surface area contributed by atoms with Crippen molar-refractivity contribution in [2.75, 3.05) is 19.6 Å². The molecular formula is C19H29N3O3. The molecule has 0 saturated carbocycles. The fourth-order valence-electron chi connectivity index (χ4n) is 3.07. The van der Waals surface area contributed by atoms with E-state index in [1.165, 1.54) is 5.56 Å². The van der Waals surface area contributed by atoms with Crippen molar-refractivity contribution >= 4 is 11.9 Å². The van der Waals surface area contributed by atoms with Gasteiger partial charge in [-0.1, -0.05) is 44.2 Å². The molecule has 6 heteroatoms. The minimum absolute atomic E-state index is 0.167. The van der Waals surface area contributed by atoms with E-state index in [1.807, 2.05) is 25.1 Å². The van der Waals surface area contributed by atoms with Gasteiger partial charge in [0, 0.05) is 13.1 Å². The molecule has 1 fully saturated rings. The van der Waals surface area contributed by atoms with E-state index in [2.05, 4.69) is 31.3 Å². The van der Waals surface area contributed by atoms with Crippen LogP contribution in [0.5, 0.6) is 0 Å². The molecule has 0 unspecified atom stereocenters. The highest BCUT2D eigenvalue weighted by Crippen LogP contribution is 2.17. The Hall–Kier alpha value is -2.08. The van der Waals surface area contributed by atoms with Crippen LogP contribution >= 0.6 is 0 Å². The molecule has 2 rings (SSSR count). The molecule has 1 aliphatic rings. The number of hydrogen-bond donors (Lipinski definition) is 2. The van der Waals surface area contributed by atoms with Gasteiger partial charge in [0.15, 0.2) is 6.10 Å². The molecule has 0 radical (unpaired) electrons. The molecule has 1 saturated heterocycles. The Morgan fingerprint density at radius 3 is 2.56 bits per heavy atom. The van der Waals surface area contributed by atoms with Crippen molar-refractivity contribution in [1.29, 1.82) is 0 Å². The van der Waals surface area contributed by atoms with Gasteiger partial charge >= 0.3 is 6.03 Å². The smallest absolute Gasteiger partial charge is 0.317 e. The Kier molecular flexibility index (Phi) is 6.82. The number of rotatable bonds is 6. The van der Waals surface area contributed by atoms with Crippen LogP contribution in [0.2, 0.25) is 0 Å². The lowest BCUT2D eigenvalue weighted by Crippen LogP contribution is -2.56. The van der Waals surface area contributed by atoms with Crippen LogP contribution in [0.15, 0.2) is 30.3 Å². The molecule has 1 heterocycles. The van der Waals surface area contributed by atoms with E-state index in [1.54, 1.807) is 4.90 Å². The molecular weight excluding hydrogens is 318 g/mol. The highest BCUT2D eigenvalue weighted by Gasteiger charge is 2.31. The lowest BCUT2D eigenvalue weighted by Gasteiger charge is -2.35. The van der Waals surface area contributed by atoms with Gasteiger partial charge in [0.25, 0.3) is 0 Å². The van der Waals surface area contributed by atoms with Crippen LogP contribution in [-0.4, -0.2) is 48.7 Å². The molecule has 1 aromatic rings. The Morgan fingerprint density at radius 1 is 1.28 bits per heavy atom. The van der Waals surface area contributed by atoms with Gasteiger partial charge in [-0.2, -0.15) is 0 Å². The van der Waals surface area contributed by atoms with E-state index >= 15 is 0 Å². The molecule has 3 atom stereocenters. The van der Waals surface area contributed by atoms with E-state index in [0.717, 1.165) is 6.42 Å². The van der Waals surface area contributed by atoms with Crippen molar-refractivity contribution in [2.24, 2.45) is 17.6 Å². The Bertz CT molecular complexity index is 577. The summed E-state index contributed by atoms with van der Waals surface area (Å²) in [5, 5.41) is 3.01. The van der Waals surface area contributed by atoms with Crippen molar-refractivity contribution in [3.63, 3.8) is 0 Å². The molecule has 25 heavy (non-hydrogen) atoms. The zero-order valence-electron chi connectivity index (χ0n) is 15.3. The quantitative estimate of drug-likeness (QED) is 0.823. The van der Waals surface area contributed by atoms with E-state index in [-0.39, 0.29) is 18.7 Å². The summed E-state index contributed by atoms with van der Waals surface area (Å²) in [5.74, 6) is 0.257. The fraction of sp³-hybridized carbons (Fsp3) is 0.579. The average Bonchev–Trinajstić information content (AvgIpc) is 2.58. The summed E-state index contributed by atoms with van der Waals surface area (Å²) in [6, 6.07) is 10.1. The number of carbonyl (C=O) groups is 2. The summed E-state index contributed by atoms with van der Waals surface area (Å²) in [5.41, 5.74) is 6.59. The first kappa shape index (κ1) is 19.2. The Balaban J connectivity index is 1.91. The number of nitrogens with two attached hydrogens (primary N) is 1. The minimum atomic E-state index is -0.736. The SMILES string of the molecule is CC(C)[C@H](CNC(=O)N1C[C@@H](C)O[C@H](C(N)=O)C1)Cc1ccccc1. The third kappa shape index (κ3) is 5.74. The van der Waals surface area contributed by atoms with Crippen LogP contribution in [-0.2, 0) is 16.0 Å². The van der Waals surface area contributed by atoms with Crippen molar-refractivity contribution < 1.29 is 14.3 Å². The number of primary amides is 1. The van der Waals surface area contributed by atoms with Crippen LogP contribution in [0.25, 0.3) is 0 Å². The normalized spacial score (nSPS) is 21.8. The van der Waals surface area contributed by atoms with E-state index < -0.39 is 12.0 Å². The maximum atomic E-state index is 12.5. The predicted octanol–water partition coefficient (Wildman–Crippen LogP) is 1.79. The summed E-state index contributed by atoms with van der Waals surface area (Å²) in [6.07, 6.45) is -0.0238. The summed E-state index contributed by atoms with van der Waals surface area (Å²) < 4.78 is 5.47. The molecule has 0 spiro atoms. The Morgan fingerprint density at radius 2 is 1.96 bits per heavy atom. The summed E-state index contributed by atoms with van der Waals surface area (Å²) in [4.78, 5) is 25.5. The lowest BCUT2D eigenvalue weighted by molar-refractivity contribution is -0.139. The lowest BCUT2D eigenvalue weighted by atomic mass is 9.89. The summed E-state index contributed by atoms with van der Waals surface area (Å²) >= 11 is 0. The molecule has 1 aliphatic heterocycles. The number of nitrogens with one attached hydrogen (secondary N) is 1.